The van der Waals surface area contributed by atoms with Crippen molar-refractivity contribution in [2.75, 3.05) is 33.3 Å². The van der Waals surface area contributed by atoms with E-state index >= 15 is 0 Å². The Bertz CT molecular complexity index is 1430. The van der Waals surface area contributed by atoms with E-state index in [2.05, 4.69) is 15.5 Å². The molecule has 0 radical (unpaired) electrons. The highest BCUT2D eigenvalue weighted by Crippen LogP contribution is 2.33. The number of H-pyrrole nitrogens is 1. The van der Waals surface area contributed by atoms with Crippen molar-refractivity contribution < 1.29 is 41.5 Å². The lowest BCUT2D eigenvalue weighted by atomic mass is 10.0. The molecule has 2 N–H and O–H groups in total. The topological polar surface area (TPSA) is 125 Å². The molecular weight excluding hydrogens is 538 g/mol. The normalized spacial score (nSPS) is 15.5. The van der Waals surface area contributed by atoms with E-state index in [4.69, 9.17) is 4.74 Å². The minimum atomic E-state index is -4.95. The molecule has 0 saturated carbocycles. The van der Waals surface area contributed by atoms with Crippen molar-refractivity contribution in [1.82, 2.24) is 25.3 Å². The van der Waals surface area contributed by atoms with Crippen LogP contribution in [0.2, 0.25) is 0 Å². The number of aromatic nitrogens is 2. The summed E-state index contributed by atoms with van der Waals surface area (Å²) in [6.07, 6.45) is -4.95. The average molecular weight is 561 g/mol. The number of carbonyl (C=O) groups excluding carboxylic acids is 4. The second-order valence-corrected chi connectivity index (χ2v) is 8.78. The van der Waals surface area contributed by atoms with E-state index in [1.54, 1.807) is 0 Å². The number of aromatic amines is 1. The highest BCUT2D eigenvalue weighted by atomic mass is 19.4. The zero-order valence-corrected chi connectivity index (χ0v) is 21.0. The second kappa shape index (κ2) is 11.6. The molecule has 40 heavy (non-hydrogen) atoms. The number of methoxy groups -OCH3 is 1. The fourth-order valence-electron chi connectivity index (χ4n) is 4.24. The van der Waals surface area contributed by atoms with Gasteiger partial charge in [0.1, 0.15) is 17.6 Å². The van der Waals surface area contributed by atoms with Crippen LogP contribution in [-0.2, 0) is 20.5 Å². The highest BCUT2D eigenvalue weighted by molar-refractivity contribution is 5.99. The SMILES string of the molecule is COC(=O)C1CN(C(=O)CNC(=O)c2cc(-c3ccccc3)n[nH]2)CCN1C(=O)c1cc(F)ccc1C(F)(F)F. The van der Waals surface area contributed by atoms with Crippen LogP contribution in [0.1, 0.15) is 26.4 Å². The number of alkyl halides is 3. The van der Waals surface area contributed by atoms with E-state index in [1.165, 1.54) is 11.0 Å². The molecule has 1 atom stereocenters. The Morgan fingerprint density at radius 2 is 1.80 bits per heavy atom. The standard InChI is InChI=1S/C26H23F4N5O5/c1-40-25(39)21-14-34(9-10-35(21)24(38)17-11-16(27)7-8-18(17)26(28,29)30)22(36)13-31-23(37)20-12-19(32-33-20)15-5-3-2-4-6-15/h2-8,11-12,21H,9-10,13-14H2,1H3,(H,31,37)(H,32,33). The number of rotatable bonds is 6. The van der Waals surface area contributed by atoms with Gasteiger partial charge in [0.2, 0.25) is 5.91 Å². The Balaban J connectivity index is 1.43. The van der Waals surface area contributed by atoms with Crippen molar-refractivity contribution in [2.24, 2.45) is 0 Å². The second-order valence-electron chi connectivity index (χ2n) is 8.78. The number of halogens is 4. The molecule has 3 amide bonds. The van der Waals surface area contributed by atoms with Crippen molar-refractivity contribution in [1.29, 1.82) is 0 Å². The molecule has 1 unspecified atom stereocenters. The lowest BCUT2D eigenvalue weighted by molar-refractivity contribution is -0.150. The molecule has 4 rings (SSSR count). The molecule has 1 fully saturated rings. The molecule has 3 aromatic rings. The van der Waals surface area contributed by atoms with Gasteiger partial charge >= 0.3 is 12.1 Å². The van der Waals surface area contributed by atoms with Crippen LogP contribution in [0.3, 0.4) is 0 Å². The smallest absolute Gasteiger partial charge is 0.417 e. The maximum Gasteiger partial charge on any atom is 0.417 e. The number of nitrogens with zero attached hydrogens (tertiary/aromatic N) is 3. The molecule has 0 aliphatic carbocycles. The molecule has 10 nitrogen and oxygen atoms in total. The van der Waals surface area contributed by atoms with E-state index in [-0.39, 0.29) is 18.8 Å². The van der Waals surface area contributed by atoms with Crippen LogP contribution in [0.25, 0.3) is 11.3 Å². The van der Waals surface area contributed by atoms with Crippen LogP contribution >= 0.6 is 0 Å². The minimum Gasteiger partial charge on any atom is -0.467 e. The van der Waals surface area contributed by atoms with Crippen LogP contribution in [0.4, 0.5) is 17.6 Å². The maximum atomic E-state index is 13.8. The van der Waals surface area contributed by atoms with Crippen molar-refractivity contribution in [3.63, 3.8) is 0 Å². The molecule has 2 aromatic carbocycles. The largest absolute Gasteiger partial charge is 0.467 e. The first-order chi connectivity index (χ1) is 19.0. The third-order valence-corrected chi connectivity index (χ3v) is 6.28. The number of piperazine rings is 1. The molecule has 1 saturated heterocycles. The number of carbonyl (C=O) groups is 4. The van der Waals surface area contributed by atoms with Gasteiger partial charge in [-0.25, -0.2) is 9.18 Å². The first-order valence-corrected chi connectivity index (χ1v) is 11.9. The number of hydrogen-bond acceptors (Lipinski definition) is 6. The average Bonchev–Trinajstić information content (AvgIpc) is 3.45. The van der Waals surface area contributed by atoms with E-state index in [9.17, 15) is 36.7 Å². The third-order valence-electron chi connectivity index (χ3n) is 6.28. The number of esters is 1. The van der Waals surface area contributed by atoms with Crippen molar-refractivity contribution in [2.45, 2.75) is 12.2 Å². The van der Waals surface area contributed by atoms with Gasteiger partial charge in [-0.3, -0.25) is 19.5 Å². The minimum absolute atomic E-state index is 0.102. The molecule has 0 spiro atoms. The van der Waals surface area contributed by atoms with Crippen LogP contribution in [0.15, 0.2) is 54.6 Å². The van der Waals surface area contributed by atoms with Gasteiger partial charge in [-0.15, -0.1) is 0 Å². The molecule has 14 heteroatoms. The predicted molar refractivity (Wildman–Crippen MR) is 131 cm³/mol. The van der Waals surface area contributed by atoms with Gasteiger partial charge in [0, 0.05) is 18.7 Å². The summed E-state index contributed by atoms with van der Waals surface area (Å²) in [5, 5.41) is 9.11. The summed E-state index contributed by atoms with van der Waals surface area (Å²) in [6, 6.07) is 10.6. The summed E-state index contributed by atoms with van der Waals surface area (Å²) >= 11 is 0. The van der Waals surface area contributed by atoms with Gasteiger partial charge in [-0.05, 0) is 24.3 Å². The highest BCUT2D eigenvalue weighted by Gasteiger charge is 2.42. The van der Waals surface area contributed by atoms with E-state index in [0.717, 1.165) is 17.6 Å². The van der Waals surface area contributed by atoms with Crippen LogP contribution in [0, 0.1) is 5.82 Å². The van der Waals surface area contributed by atoms with Gasteiger partial charge in [0.05, 0.1) is 37.0 Å². The summed E-state index contributed by atoms with van der Waals surface area (Å²) in [5.74, 6) is -4.52. The Hall–Kier alpha value is -4.75. The van der Waals surface area contributed by atoms with Gasteiger partial charge in [-0.2, -0.15) is 18.3 Å². The first-order valence-electron chi connectivity index (χ1n) is 11.9. The summed E-state index contributed by atoms with van der Waals surface area (Å²) in [4.78, 5) is 52.9. The molecule has 1 aliphatic heterocycles. The summed E-state index contributed by atoms with van der Waals surface area (Å²) in [5.41, 5.74) is -0.938. The number of amides is 3. The number of benzene rings is 2. The Morgan fingerprint density at radius 3 is 2.48 bits per heavy atom. The summed E-state index contributed by atoms with van der Waals surface area (Å²) in [6.45, 7) is -1.38. The van der Waals surface area contributed by atoms with Crippen molar-refractivity contribution in [3.05, 3.63) is 77.2 Å². The monoisotopic (exact) mass is 561 g/mol. The molecule has 2 heterocycles. The Kier molecular flexibility index (Phi) is 8.16. The number of hydrogen-bond donors (Lipinski definition) is 2. The fourth-order valence-corrected chi connectivity index (χ4v) is 4.24. The molecule has 1 aromatic heterocycles. The Morgan fingerprint density at radius 1 is 1.07 bits per heavy atom. The molecule has 210 valence electrons. The van der Waals surface area contributed by atoms with Crippen LogP contribution in [0.5, 0.6) is 0 Å². The van der Waals surface area contributed by atoms with Gasteiger partial charge < -0.3 is 19.9 Å². The van der Waals surface area contributed by atoms with Crippen LogP contribution < -0.4 is 5.32 Å². The number of ether oxygens (including phenoxy) is 1. The van der Waals surface area contributed by atoms with Gasteiger partial charge in [0.15, 0.2) is 0 Å². The van der Waals surface area contributed by atoms with Crippen molar-refractivity contribution >= 4 is 23.7 Å². The van der Waals surface area contributed by atoms with E-state index in [1.807, 2.05) is 30.3 Å². The Labute approximate surface area is 224 Å². The van der Waals surface area contributed by atoms with Gasteiger partial charge in [-0.1, -0.05) is 30.3 Å². The predicted octanol–water partition coefficient (Wildman–Crippen LogP) is 2.49. The number of nitrogens with one attached hydrogen (secondary N) is 2. The van der Waals surface area contributed by atoms with E-state index in [0.29, 0.717) is 23.9 Å². The maximum absolute atomic E-state index is 13.8. The van der Waals surface area contributed by atoms with E-state index < -0.39 is 65.9 Å². The quantitative estimate of drug-likeness (QED) is 0.352. The third kappa shape index (κ3) is 6.11. The van der Waals surface area contributed by atoms with Gasteiger partial charge in [0.25, 0.3) is 11.8 Å². The summed E-state index contributed by atoms with van der Waals surface area (Å²) in [7, 11) is 1.02. The molecular formula is C26H23F4N5O5. The first kappa shape index (κ1) is 28.3. The fraction of sp³-hybridized carbons (Fsp3) is 0.269. The summed E-state index contributed by atoms with van der Waals surface area (Å²) < 4.78 is 58.9. The molecule has 1 aliphatic rings. The van der Waals surface area contributed by atoms with Crippen LogP contribution in [-0.4, -0.2) is 83.0 Å². The lowest BCUT2D eigenvalue weighted by Gasteiger charge is -2.40. The molecule has 0 bridgehead atoms. The van der Waals surface area contributed by atoms with Crippen molar-refractivity contribution in [3.8, 4) is 11.3 Å². The zero-order chi connectivity index (χ0) is 29.0. The zero-order valence-electron chi connectivity index (χ0n) is 21.0. The lowest BCUT2D eigenvalue weighted by Crippen LogP contribution is -2.60.